The number of nitrogens with one attached hydrogen (secondary N) is 1. The van der Waals surface area contributed by atoms with Gasteiger partial charge in [0.2, 0.25) is 0 Å². The summed E-state index contributed by atoms with van der Waals surface area (Å²) in [5.74, 6) is 2.40. The zero-order valence-corrected chi connectivity index (χ0v) is 8.96. The Morgan fingerprint density at radius 3 is 2.87 bits per heavy atom. The third kappa shape index (κ3) is 4.14. The van der Waals surface area contributed by atoms with E-state index < -0.39 is 0 Å². The van der Waals surface area contributed by atoms with Crippen LogP contribution >= 0.6 is 0 Å². The lowest BCUT2D eigenvalue weighted by Gasteiger charge is -2.11. The second kappa shape index (κ2) is 6.21. The molecule has 1 nitrogen and oxygen atoms in total. The monoisotopic (exact) mass is 205 g/mol. The number of halogens is 1. The molecule has 80 valence electrons. The lowest BCUT2D eigenvalue weighted by Crippen LogP contribution is -2.26. The number of benzene rings is 1. The van der Waals surface area contributed by atoms with Gasteiger partial charge in [-0.2, -0.15) is 0 Å². The van der Waals surface area contributed by atoms with Crippen LogP contribution in [-0.4, -0.2) is 12.6 Å². The van der Waals surface area contributed by atoms with Crippen LogP contribution in [0.5, 0.6) is 0 Å². The molecule has 0 aromatic heterocycles. The zero-order chi connectivity index (χ0) is 11.1. The van der Waals surface area contributed by atoms with E-state index in [1.54, 1.807) is 6.07 Å². The predicted molar refractivity (Wildman–Crippen MR) is 61.0 cm³/mol. The smallest absolute Gasteiger partial charge is 0.126 e. The molecule has 0 aliphatic heterocycles. The van der Waals surface area contributed by atoms with E-state index in [0.717, 1.165) is 18.4 Å². The first-order chi connectivity index (χ1) is 7.24. The van der Waals surface area contributed by atoms with E-state index in [4.69, 9.17) is 6.42 Å². The number of hydrogen-bond donors (Lipinski definition) is 1. The Morgan fingerprint density at radius 1 is 1.47 bits per heavy atom. The first-order valence-corrected chi connectivity index (χ1v) is 5.14. The Labute approximate surface area is 90.7 Å². The third-order valence-electron chi connectivity index (χ3n) is 2.36. The molecule has 0 saturated carbocycles. The number of hydrogen-bond acceptors (Lipinski definition) is 1. The molecule has 0 amide bonds. The molecule has 1 aromatic carbocycles. The van der Waals surface area contributed by atoms with Crippen molar-refractivity contribution in [1.29, 1.82) is 0 Å². The van der Waals surface area contributed by atoms with Gasteiger partial charge in [0, 0.05) is 6.04 Å². The lowest BCUT2D eigenvalue weighted by molar-refractivity contribution is 0.533. The molecule has 0 radical (unpaired) electrons. The molecule has 0 fully saturated rings. The van der Waals surface area contributed by atoms with Crippen LogP contribution in [0.4, 0.5) is 4.39 Å². The Bertz CT molecular complexity index is 341. The van der Waals surface area contributed by atoms with Crippen molar-refractivity contribution in [2.75, 3.05) is 6.54 Å². The van der Waals surface area contributed by atoms with Crippen LogP contribution in [0.1, 0.15) is 18.9 Å². The quantitative estimate of drug-likeness (QED) is 0.728. The largest absolute Gasteiger partial charge is 0.304 e. The SMILES string of the molecule is C#CCNC(C)CCc1ccccc1F. The van der Waals surface area contributed by atoms with Crippen molar-refractivity contribution < 1.29 is 4.39 Å². The zero-order valence-electron chi connectivity index (χ0n) is 8.96. The number of terminal acetylenes is 1. The third-order valence-corrected chi connectivity index (χ3v) is 2.36. The highest BCUT2D eigenvalue weighted by Gasteiger charge is 2.04. The highest BCUT2D eigenvalue weighted by Crippen LogP contribution is 2.09. The molecular formula is C13H16FN. The Hall–Kier alpha value is -1.33. The first-order valence-electron chi connectivity index (χ1n) is 5.14. The van der Waals surface area contributed by atoms with Crippen molar-refractivity contribution in [2.45, 2.75) is 25.8 Å². The molecule has 0 saturated heterocycles. The molecule has 2 heteroatoms. The van der Waals surface area contributed by atoms with Crippen LogP contribution in [0.3, 0.4) is 0 Å². The molecule has 0 spiro atoms. The minimum absolute atomic E-state index is 0.123. The van der Waals surface area contributed by atoms with Gasteiger partial charge in [0.05, 0.1) is 6.54 Å². The second-order valence-corrected chi connectivity index (χ2v) is 3.62. The number of rotatable bonds is 5. The van der Waals surface area contributed by atoms with Crippen LogP contribution in [-0.2, 0) is 6.42 Å². The van der Waals surface area contributed by atoms with E-state index in [9.17, 15) is 4.39 Å². The molecule has 1 unspecified atom stereocenters. The molecule has 1 aromatic rings. The second-order valence-electron chi connectivity index (χ2n) is 3.62. The molecule has 0 heterocycles. The minimum Gasteiger partial charge on any atom is -0.304 e. The summed E-state index contributed by atoms with van der Waals surface area (Å²) in [6.07, 6.45) is 6.77. The summed E-state index contributed by atoms with van der Waals surface area (Å²) < 4.78 is 13.2. The van der Waals surface area contributed by atoms with Crippen molar-refractivity contribution in [3.8, 4) is 12.3 Å². The van der Waals surface area contributed by atoms with Gasteiger partial charge in [0.1, 0.15) is 5.82 Å². The molecule has 1 N–H and O–H groups in total. The fraction of sp³-hybridized carbons (Fsp3) is 0.385. The van der Waals surface area contributed by atoms with Crippen LogP contribution in [0.15, 0.2) is 24.3 Å². The summed E-state index contributed by atoms with van der Waals surface area (Å²) in [5, 5.41) is 3.16. The van der Waals surface area contributed by atoms with Gasteiger partial charge < -0.3 is 5.32 Å². The van der Waals surface area contributed by atoms with Gasteiger partial charge in [-0.25, -0.2) is 4.39 Å². The predicted octanol–water partition coefficient (Wildman–Crippen LogP) is 2.37. The fourth-order valence-corrected chi connectivity index (χ4v) is 1.41. The maximum Gasteiger partial charge on any atom is 0.126 e. The molecule has 0 aliphatic carbocycles. The molecule has 0 bridgehead atoms. The van der Waals surface area contributed by atoms with Gasteiger partial charge in [-0.1, -0.05) is 24.1 Å². The lowest BCUT2D eigenvalue weighted by atomic mass is 10.1. The molecule has 0 aliphatic rings. The Kier molecular flexibility index (Phi) is 4.86. The summed E-state index contributed by atoms with van der Waals surface area (Å²) in [7, 11) is 0. The summed E-state index contributed by atoms with van der Waals surface area (Å²) in [5.41, 5.74) is 0.770. The topological polar surface area (TPSA) is 12.0 Å². The molecule has 1 rings (SSSR count). The summed E-state index contributed by atoms with van der Waals surface area (Å²) in [4.78, 5) is 0. The van der Waals surface area contributed by atoms with Gasteiger partial charge in [-0.3, -0.25) is 0 Å². The van der Waals surface area contributed by atoms with Gasteiger partial charge in [0.25, 0.3) is 0 Å². The van der Waals surface area contributed by atoms with E-state index in [-0.39, 0.29) is 5.82 Å². The summed E-state index contributed by atoms with van der Waals surface area (Å²) in [6, 6.07) is 7.20. The van der Waals surface area contributed by atoms with Crippen molar-refractivity contribution in [1.82, 2.24) is 5.32 Å². The van der Waals surface area contributed by atoms with Gasteiger partial charge >= 0.3 is 0 Å². The van der Waals surface area contributed by atoms with Crippen LogP contribution in [0.2, 0.25) is 0 Å². The number of aryl methyl sites for hydroxylation is 1. The normalized spacial score (nSPS) is 12.1. The molecular weight excluding hydrogens is 189 g/mol. The summed E-state index contributed by atoms with van der Waals surface area (Å²) in [6.45, 7) is 2.62. The average Bonchev–Trinajstić information content (AvgIpc) is 2.25. The Balaban J connectivity index is 2.37. The Morgan fingerprint density at radius 2 is 2.20 bits per heavy atom. The van der Waals surface area contributed by atoms with Crippen molar-refractivity contribution in [3.63, 3.8) is 0 Å². The minimum atomic E-state index is -0.123. The van der Waals surface area contributed by atoms with E-state index in [1.807, 2.05) is 12.1 Å². The van der Waals surface area contributed by atoms with Crippen molar-refractivity contribution >= 4 is 0 Å². The van der Waals surface area contributed by atoms with Crippen LogP contribution in [0, 0.1) is 18.2 Å². The van der Waals surface area contributed by atoms with E-state index in [1.165, 1.54) is 6.07 Å². The van der Waals surface area contributed by atoms with Crippen molar-refractivity contribution in [2.24, 2.45) is 0 Å². The first kappa shape index (κ1) is 11.7. The van der Waals surface area contributed by atoms with Crippen molar-refractivity contribution in [3.05, 3.63) is 35.6 Å². The van der Waals surface area contributed by atoms with E-state index in [0.29, 0.717) is 12.6 Å². The van der Waals surface area contributed by atoms with E-state index >= 15 is 0 Å². The van der Waals surface area contributed by atoms with Crippen LogP contribution in [0.25, 0.3) is 0 Å². The fourth-order valence-electron chi connectivity index (χ4n) is 1.41. The highest BCUT2D eigenvalue weighted by molar-refractivity contribution is 5.17. The highest BCUT2D eigenvalue weighted by atomic mass is 19.1. The van der Waals surface area contributed by atoms with Crippen LogP contribution < -0.4 is 5.32 Å². The maximum absolute atomic E-state index is 13.2. The standard InChI is InChI=1S/C13H16FN/c1-3-10-15-11(2)8-9-12-6-4-5-7-13(12)14/h1,4-7,11,15H,8-10H2,2H3. The maximum atomic E-state index is 13.2. The summed E-state index contributed by atoms with van der Waals surface area (Å²) >= 11 is 0. The van der Waals surface area contributed by atoms with E-state index in [2.05, 4.69) is 18.2 Å². The molecule has 1 atom stereocenters. The molecule has 15 heavy (non-hydrogen) atoms. The van der Waals surface area contributed by atoms with Gasteiger partial charge in [-0.15, -0.1) is 6.42 Å². The average molecular weight is 205 g/mol. The van der Waals surface area contributed by atoms with Gasteiger partial charge in [-0.05, 0) is 31.4 Å². The van der Waals surface area contributed by atoms with Gasteiger partial charge in [0.15, 0.2) is 0 Å².